The van der Waals surface area contributed by atoms with Crippen LogP contribution in [-0.4, -0.2) is 14.5 Å². The van der Waals surface area contributed by atoms with Crippen molar-refractivity contribution in [1.29, 1.82) is 0 Å². The molecule has 0 saturated heterocycles. The molecule has 1 aliphatic carbocycles. The van der Waals surface area contributed by atoms with E-state index in [2.05, 4.69) is 158 Å². The maximum Gasteiger partial charge on any atom is 0.235 e. The van der Waals surface area contributed by atoms with E-state index in [0.717, 1.165) is 37.9 Å². The van der Waals surface area contributed by atoms with Crippen LogP contribution in [0.4, 0.5) is 0 Å². The number of hydrogen-bond acceptors (Lipinski definition) is 3. The largest absolute Gasteiger partial charge is 0.278 e. The first-order chi connectivity index (χ1) is 23.1. The summed E-state index contributed by atoms with van der Waals surface area (Å²) in [6, 6.07) is 50.2. The molecule has 222 valence electrons. The first kappa shape index (κ1) is 26.6. The van der Waals surface area contributed by atoms with Crippen LogP contribution in [0.5, 0.6) is 0 Å². The second-order valence-electron chi connectivity index (χ2n) is 13.0. The van der Waals surface area contributed by atoms with Gasteiger partial charge in [-0.2, -0.15) is 0 Å². The van der Waals surface area contributed by atoms with Crippen LogP contribution < -0.4 is 0 Å². The molecular weight excluding hydrogens is 591 g/mol. The fraction of sp³-hybridized carbons (Fsp3) is 0.0698. The summed E-state index contributed by atoms with van der Waals surface area (Å²) < 4.78 is 4.61. The molecule has 6 aromatic carbocycles. The molecule has 4 heteroatoms. The van der Waals surface area contributed by atoms with Crippen LogP contribution in [0.3, 0.4) is 0 Å². The molecule has 0 spiro atoms. The molecule has 3 aromatic heterocycles. The Morgan fingerprint density at radius 1 is 0.574 bits per heavy atom. The molecule has 0 amide bonds. The molecule has 0 aliphatic heterocycles. The minimum Gasteiger partial charge on any atom is -0.278 e. The van der Waals surface area contributed by atoms with E-state index in [0.29, 0.717) is 5.95 Å². The Labute approximate surface area is 276 Å². The zero-order valence-corrected chi connectivity index (χ0v) is 26.8. The first-order valence-corrected chi connectivity index (χ1v) is 16.9. The molecule has 0 unspecified atom stereocenters. The van der Waals surface area contributed by atoms with Crippen molar-refractivity contribution in [2.45, 2.75) is 19.3 Å². The summed E-state index contributed by atoms with van der Waals surface area (Å²) in [4.78, 5) is 10.9. The molecule has 0 radical (unpaired) electrons. The molecule has 3 heterocycles. The van der Waals surface area contributed by atoms with Gasteiger partial charge in [-0.1, -0.05) is 129 Å². The fourth-order valence-corrected chi connectivity index (χ4v) is 8.97. The van der Waals surface area contributed by atoms with Gasteiger partial charge < -0.3 is 0 Å². The summed E-state index contributed by atoms with van der Waals surface area (Å²) in [5, 5.41) is 3.65. The van der Waals surface area contributed by atoms with E-state index in [1.807, 2.05) is 0 Å². The van der Waals surface area contributed by atoms with Crippen molar-refractivity contribution >= 4 is 53.4 Å². The van der Waals surface area contributed by atoms with Crippen LogP contribution in [0.1, 0.15) is 25.0 Å². The normalized spacial score (nSPS) is 13.5. The number of benzene rings is 6. The number of aromatic nitrogens is 3. The fourth-order valence-electron chi connectivity index (χ4n) is 7.82. The maximum atomic E-state index is 5.47. The van der Waals surface area contributed by atoms with Crippen molar-refractivity contribution in [2.75, 3.05) is 0 Å². The smallest absolute Gasteiger partial charge is 0.235 e. The highest BCUT2D eigenvalue weighted by Crippen LogP contribution is 2.53. The van der Waals surface area contributed by atoms with Crippen LogP contribution >= 0.6 is 11.3 Å². The van der Waals surface area contributed by atoms with Crippen molar-refractivity contribution in [1.82, 2.24) is 14.5 Å². The number of hydrogen-bond donors (Lipinski definition) is 0. The maximum absolute atomic E-state index is 5.47. The second-order valence-corrected chi connectivity index (χ2v) is 14.1. The number of nitrogens with zero attached hydrogens (tertiary/aromatic N) is 3. The highest BCUT2D eigenvalue weighted by Gasteiger charge is 2.37. The van der Waals surface area contributed by atoms with Crippen molar-refractivity contribution in [3.63, 3.8) is 0 Å². The van der Waals surface area contributed by atoms with Crippen molar-refractivity contribution < 1.29 is 0 Å². The molecule has 0 saturated carbocycles. The van der Waals surface area contributed by atoms with E-state index >= 15 is 0 Å². The predicted octanol–water partition coefficient (Wildman–Crippen LogP) is 11.6. The lowest BCUT2D eigenvalue weighted by Gasteiger charge is -2.21. The van der Waals surface area contributed by atoms with E-state index in [4.69, 9.17) is 9.97 Å². The molecule has 1 aliphatic rings. The molecule has 10 rings (SSSR count). The highest BCUT2D eigenvalue weighted by molar-refractivity contribution is 7.26. The van der Waals surface area contributed by atoms with E-state index in [9.17, 15) is 0 Å². The third-order valence-electron chi connectivity index (χ3n) is 10.0. The lowest BCUT2D eigenvalue weighted by molar-refractivity contribution is 0.661. The molecule has 0 fully saturated rings. The van der Waals surface area contributed by atoms with E-state index in [1.165, 1.54) is 48.9 Å². The second kappa shape index (κ2) is 9.71. The van der Waals surface area contributed by atoms with Gasteiger partial charge in [0.1, 0.15) is 0 Å². The van der Waals surface area contributed by atoms with E-state index in [1.54, 1.807) is 11.3 Å². The van der Waals surface area contributed by atoms with Crippen molar-refractivity contribution in [2.24, 2.45) is 0 Å². The summed E-state index contributed by atoms with van der Waals surface area (Å²) in [5.41, 5.74) is 13.0. The third kappa shape index (κ3) is 3.73. The number of rotatable bonds is 3. The molecule has 47 heavy (non-hydrogen) atoms. The molecule has 0 atom stereocenters. The van der Waals surface area contributed by atoms with E-state index < -0.39 is 0 Å². The van der Waals surface area contributed by atoms with Gasteiger partial charge in [0.05, 0.1) is 26.9 Å². The summed E-state index contributed by atoms with van der Waals surface area (Å²) >= 11 is 1.77. The summed E-state index contributed by atoms with van der Waals surface area (Å²) in [5.74, 6) is 0.692. The Kier molecular flexibility index (Phi) is 5.50. The minimum atomic E-state index is -0.0781. The zero-order valence-electron chi connectivity index (χ0n) is 26.0. The standard InChI is InChI=1S/C43H29N3S/c1-43(2)32-20-9-6-17-29(32)37-33(43)23-24-35-38(37)30-18-7-10-21-34(30)46(35)42-44-39(41-40(45-42)31-19-8-11-22-36(31)47-41)28-16-12-15-27(25-28)26-13-4-3-5-14-26/h3-25H,1-2H3. The molecule has 9 aromatic rings. The number of para-hydroxylation sites is 1. The molecular formula is C43H29N3S. The highest BCUT2D eigenvalue weighted by atomic mass is 32.1. The van der Waals surface area contributed by atoms with Crippen LogP contribution in [0, 0.1) is 0 Å². The lowest BCUT2D eigenvalue weighted by Crippen LogP contribution is -2.14. The van der Waals surface area contributed by atoms with Gasteiger partial charge in [0, 0.05) is 31.8 Å². The van der Waals surface area contributed by atoms with Gasteiger partial charge in [-0.15, -0.1) is 11.3 Å². The van der Waals surface area contributed by atoms with Crippen LogP contribution in [0.2, 0.25) is 0 Å². The van der Waals surface area contributed by atoms with Crippen molar-refractivity contribution in [3.8, 4) is 39.5 Å². The van der Waals surface area contributed by atoms with Gasteiger partial charge in [0.25, 0.3) is 0 Å². The Bertz CT molecular complexity index is 2710. The van der Waals surface area contributed by atoms with Crippen LogP contribution in [-0.2, 0) is 5.41 Å². The lowest BCUT2D eigenvalue weighted by atomic mass is 9.82. The van der Waals surface area contributed by atoms with Crippen molar-refractivity contribution in [3.05, 3.63) is 151 Å². The van der Waals surface area contributed by atoms with Gasteiger partial charge in [-0.3, -0.25) is 4.57 Å². The van der Waals surface area contributed by atoms with E-state index in [-0.39, 0.29) is 5.41 Å². The molecule has 3 nitrogen and oxygen atoms in total. The molecule has 0 N–H and O–H groups in total. The van der Waals surface area contributed by atoms with Gasteiger partial charge in [-0.25, -0.2) is 9.97 Å². The predicted molar refractivity (Wildman–Crippen MR) is 198 cm³/mol. The SMILES string of the molecule is CC1(C)c2ccccc2-c2c1ccc1c2c2ccccc2n1-c1nc(-c2cccc(-c3ccccc3)c2)c2sc3ccccc3c2n1. The summed E-state index contributed by atoms with van der Waals surface area (Å²) in [7, 11) is 0. The number of thiophene rings is 1. The Morgan fingerprint density at radius 3 is 2.19 bits per heavy atom. The quantitative estimate of drug-likeness (QED) is 0.197. The summed E-state index contributed by atoms with van der Waals surface area (Å²) in [6.07, 6.45) is 0. The van der Waals surface area contributed by atoms with Crippen LogP contribution in [0.15, 0.2) is 140 Å². The van der Waals surface area contributed by atoms with Gasteiger partial charge >= 0.3 is 0 Å². The monoisotopic (exact) mass is 619 g/mol. The average Bonchev–Trinajstić information content (AvgIpc) is 3.74. The Morgan fingerprint density at radius 2 is 1.30 bits per heavy atom. The molecule has 0 bridgehead atoms. The zero-order chi connectivity index (χ0) is 31.3. The van der Waals surface area contributed by atoms with Gasteiger partial charge in [-0.05, 0) is 57.6 Å². The van der Waals surface area contributed by atoms with Gasteiger partial charge in [0.2, 0.25) is 5.95 Å². The minimum absolute atomic E-state index is 0.0781. The Hall–Kier alpha value is -5.58. The summed E-state index contributed by atoms with van der Waals surface area (Å²) in [6.45, 7) is 4.69. The van der Waals surface area contributed by atoms with Gasteiger partial charge in [0.15, 0.2) is 0 Å². The number of fused-ring (bicyclic) bond motifs is 10. The third-order valence-corrected chi connectivity index (χ3v) is 11.2. The first-order valence-electron chi connectivity index (χ1n) is 16.1. The topological polar surface area (TPSA) is 30.7 Å². The average molecular weight is 620 g/mol. The van der Waals surface area contributed by atoms with Crippen LogP contribution in [0.25, 0.3) is 81.6 Å². The Balaban J connectivity index is 1.31.